The van der Waals surface area contributed by atoms with Gasteiger partial charge in [-0.1, -0.05) is 17.7 Å². The van der Waals surface area contributed by atoms with Crippen molar-refractivity contribution in [3.8, 4) is 11.5 Å². The maximum Gasteiger partial charge on any atom is 0.255 e. The van der Waals surface area contributed by atoms with Gasteiger partial charge in [-0.15, -0.1) is 11.8 Å². The topological polar surface area (TPSA) is 120 Å². The predicted molar refractivity (Wildman–Crippen MR) is 113 cm³/mol. The van der Waals surface area contributed by atoms with Crippen LogP contribution in [0.4, 0.5) is 11.4 Å². The number of ether oxygens (including phenoxy) is 2. The number of carbonyl (C=O) groups excluding carboxylic acids is 3. The van der Waals surface area contributed by atoms with E-state index < -0.39 is 5.91 Å². The van der Waals surface area contributed by atoms with Crippen molar-refractivity contribution in [3.63, 3.8) is 0 Å². The number of primary amides is 1. The zero-order valence-corrected chi connectivity index (χ0v) is 17.0. The molecule has 4 N–H and O–H groups in total. The van der Waals surface area contributed by atoms with Crippen molar-refractivity contribution in [3.05, 3.63) is 48.0 Å². The van der Waals surface area contributed by atoms with E-state index in [2.05, 4.69) is 10.6 Å². The molecule has 0 heterocycles. The number of carbonyl (C=O) groups is 3. The molecule has 0 radical (unpaired) electrons. The molecule has 3 amide bonds. The maximum atomic E-state index is 12.1. The number of nitrogens with two attached hydrogens (primary N) is 1. The summed E-state index contributed by atoms with van der Waals surface area (Å²) in [4.78, 5) is 34.9. The van der Waals surface area contributed by atoms with Crippen LogP contribution in [0.25, 0.3) is 0 Å². The van der Waals surface area contributed by atoms with E-state index in [1.807, 2.05) is 31.2 Å². The van der Waals surface area contributed by atoms with Crippen molar-refractivity contribution < 1.29 is 23.9 Å². The highest BCUT2D eigenvalue weighted by Gasteiger charge is 2.10. The summed E-state index contributed by atoms with van der Waals surface area (Å²) in [5, 5.41) is 5.48. The summed E-state index contributed by atoms with van der Waals surface area (Å²) in [7, 11) is 1.46. The highest BCUT2D eigenvalue weighted by molar-refractivity contribution is 8.00. The first-order chi connectivity index (χ1) is 13.9. The molecule has 0 aliphatic heterocycles. The van der Waals surface area contributed by atoms with Gasteiger partial charge in [0.25, 0.3) is 5.91 Å². The quantitative estimate of drug-likeness (QED) is 0.545. The van der Waals surface area contributed by atoms with Crippen LogP contribution in [0.2, 0.25) is 0 Å². The van der Waals surface area contributed by atoms with Crippen LogP contribution in [0, 0.1) is 6.92 Å². The lowest BCUT2D eigenvalue weighted by molar-refractivity contribution is -0.120. The van der Waals surface area contributed by atoms with E-state index in [9.17, 15) is 14.4 Å². The second-order valence-corrected chi connectivity index (χ2v) is 7.06. The van der Waals surface area contributed by atoms with Crippen molar-refractivity contribution in [2.75, 3.05) is 35.9 Å². The minimum atomic E-state index is -0.623. The van der Waals surface area contributed by atoms with Gasteiger partial charge in [-0.25, -0.2) is 0 Å². The molecule has 0 fully saturated rings. The molecule has 0 unspecified atom stereocenters. The standard InChI is InChI=1S/C20H23N3O5S/c1-13-3-5-14(6-4-13)22-19(25)11-29-12-20(26)23-15-7-8-16(27-2)17(9-15)28-10-18(21)24/h3-9H,10-12H2,1-2H3,(H2,21,24)(H,22,25)(H,23,26). The van der Waals surface area contributed by atoms with Gasteiger partial charge in [-0.05, 0) is 31.2 Å². The van der Waals surface area contributed by atoms with Crippen LogP contribution in [-0.2, 0) is 14.4 Å². The first-order valence-electron chi connectivity index (χ1n) is 8.70. The molecule has 9 heteroatoms. The minimum Gasteiger partial charge on any atom is -0.493 e. The van der Waals surface area contributed by atoms with Crippen molar-refractivity contribution in [1.29, 1.82) is 0 Å². The number of rotatable bonds is 10. The summed E-state index contributed by atoms with van der Waals surface area (Å²) in [6.45, 7) is 1.66. The fourth-order valence-corrected chi connectivity index (χ4v) is 2.90. The first-order valence-corrected chi connectivity index (χ1v) is 9.86. The van der Waals surface area contributed by atoms with Gasteiger partial charge in [-0.2, -0.15) is 0 Å². The average molecular weight is 417 g/mol. The van der Waals surface area contributed by atoms with E-state index in [1.165, 1.54) is 24.9 Å². The summed E-state index contributed by atoms with van der Waals surface area (Å²) in [6.07, 6.45) is 0. The van der Waals surface area contributed by atoms with Crippen LogP contribution in [0.15, 0.2) is 42.5 Å². The molecule has 0 atom stereocenters. The molecule has 29 heavy (non-hydrogen) atoms. The molecule has 0 aliphatic carbocycles. The Morgan fingerprint density at radius 3 is 2.10 bits per heavy atom. The normalized spacial score (nSPS) is 10.1. The summed E-state index contributed by atoms with van der Waals surface area (Å²) < 4.78 is 10.4. The SMILES string of the molecule is COc1ccc(NC(=O)CSCC(=O)Nc2ccc(C)cc2)cc1OCC(N)=O. The van der Waals surface area contributed by atoms with Gasteiger partial charge in [0.15, 0.2) is 18.1 Å². The van der Waals surface area contributed by atoms with E-state index in [4.69, 9.17) is 15.2 Å². The molecule has 0 aliphatic rings. The largest absolute Gasteiger partial charge is 0.493 e. The van der Waals surface area contributed by atoms with E-state index in [0.29, 0.717) is 17.1 Å². The molecular weight excluding hydrogens is 394 g/mol. The summed E-state index contributed by atoms with van der Waals surface area (Å²) in [6, 6.07) is 12.3. The van der Waals surface area contributed by atoms with Crippen molar-refractivity contribution in [1.82, 2.24) is 0 Å². The Labute approximate surface area is 173 Å². The number of methoxy groups -OCH3 is 1. The van der Waals surface area contributed by atoms with E-state index in [-0.39, 0.29) is 35.7 Å². The van der Waals surface area contributed by atoms with Crippen LogP contribution >= 0.6 is 11.8 Å². The van der Waals surface area contributed by atoms with Crippen LogP contribution < -0.4 is 25.8 Å². The van der Waals surface area contributed by atoms with Crippen LogP contribution in [-0.4, -0.2) is 42.9 Å². The number of benzene rings is 2. The Morgan fingerprint density at radius 2 is 1.52 bits per heavy atom. The van der Waals surface area contributed by atoms with E-state index in [1.54, 1.807) is 12.1 Å². The van der Waals surface area contributed by atoms with Gasteiger partial charge in [0.2, 0.25) is 11.8 Å². The third-order valence-electron chi connectivity index (χ3n) is 3.62. The summed E-state index contributed by atoms with van der Waals surface area (Å²) in [5.74, 6) is -0.133. The molecule has 8 nitrogen and oxygen atoms in total. The first kappa shape index (κ1) is 22.1. The molecule has 0 saturated carbocycles. The highest BCUT2D eigenvalue weighted by atomic mass is 32.2. The molecule has 0 spiro atoms. The average Bonchev–Trinajstić information content (AvgIpc) is 2.68. The monoisotopic (exact) mass is 417 g/mol. The maximum absolute atomic E-state index is 12.1. The van der Waals surface area contributed by atoms with Gasteiger partial charge >= 0.3 is 0 Å². The number of nitrogens with one attached hydrogen (secondary N) is 2. The fourth-order valence-electron chi connectivity index (χ4n) is 2.28. The number of anilines is 2. The Balaban J connectivity index is 1.80. The smallest absolute Gasteiger partial charge is 0.255 e. The number of aryl methyl sites for hydroxylation is 1. The highest BCUT2D eigenvalue weighted by Crippen LogP contribution is 2.30. The number of hydrogen-bond donors (Lipinski definition) is 3. The van der Waals surface area contributed by atoms with Gasteiger partial charge < -0.3 is 25.8 Å². The van der Waals surface area contributed by atoms with Crippen LogP contribution in [0.1, 0.15) is 5.56 Å². The summed E-state index contributed by atoms with van der Waals surface area (Å²) in [5.41, 5.74) is 7.37. The zero-order valence-electron chi connectivity index (χ0n) is 16.2. The van der Waals surface area contributed by atoms with Crippen molar-refractivity contribution in [2.24, 2.45) is 5.73 Å². The number of hydrogen-bond acceptors (Lipinski definition) is 6. The summed E-state index contributed by atoms with van der Waals surface area (Å²) >= 11 is 1.20. The van der Waals surface area contributed by atoms with Gasteiger partial charge in [-0.3, -0.25) is 14.4 Å². The Kier molecular flexibility index (Phi) is 8.35. The van der Waals surface area contributed by atoms with Gasteiger partial charge in [0.1, 0.15) is 0 Å². The number of thioether (sulfide) groups is 1. The molecular formula is C20H23N3O5S. The Morgan fingerprint density at radius 1 is 0.931 bits per heavy atom. The van der Waals surface area contributed by atoms with Gasteiger partial charge in [0, 0.05) is 17.4 Å². The van der Waals surface area contributed by atoms with Crippen LogP contribution in [0.3, 0.4) is 0 Å². The van der Waals surface area contributed by atoms with Crippen molar-refractivity contribution in [2.45, 2.75) is 6.92 Å². The van der Waals surface area contributed by atoms with Crippen LogP contribution in [0.5, 0.6) is 11.5 Å². The Bertz CT molecular complexity index is 871. The molecule has 154 valence electrons. The predicted octanol–water partition coefficient (Wildman–Crippen LogP) is 2.18. The molecule has 2 rings (SSSR count). The third kappa shape index (κ3) is 7.74. The van der Waals surface area contributed by atoms with Crippen molar-refractivity contribution >= 4 is 40.9 Å². The Hall–Kier alpha value is -3.20. The lowest BCUT2D eigenvalue weighted by Crippen LogP contribution is -2.20. The van der Waals surface area contributed by atoms with E-state index >= 15 is 0 Å². The molecule has 0 aromatic heterocycles. The molecule has 0 bridgehead atoms. The second kappa shape index (κ2) is 11.0. The van der Waals surface area contributed by atoms with Gasteiger partial charge in [0.05, 0.1) is 18.6 Å². The lowest BCUT2D eigenvalue weighted by atomic mass is 10.2. The molecule has 0 saturated heterocycles. The fraction of sp³-hybridized carbons (Fsp3) is 0.250. The molecule has 2 aromatic rings. The second-order valence-electron chi connectivity index (χ2n) is 6.08. The van der Waals surface area contributed by atoms with E-state index in [0.717, 1.165) is 5.56 Å². The number of amides is 3. The lowest BCUT2D eigenvalue weighted by Gasteiger charge is -2.12. The molecule has 2 aromatic carbocycles. The minimum absolute atomic E-state index is 0.102. The zero-order chi connectivity index (χ0) is 21.2. The third-order valence-corrected chi connectivity index (χ3v) is 4.55.